The highest BCUT2D eigenvalue weighted by atomic mass is 32.2. The van der Waals surface area contributed by atoms with Gasteiger partial charge in [0.15, 0.2) is 0 Å². The lowest BCUT2D eigenvalue weighted by atomic mass is 10.2. The molecule has 0 aliphatic carbocycles. The van der Waals surface area contributed by atoms with E-state index in [1.807, 2.05) is 49.5 Å². The third-order valence-electron chi connectivity index (χ3n) is 3.11. The molecule has 2 rings (SSSR count). The molecule has 0 spiro atoms. The number of anilines is 1. The van der Waals surface area contributed by atoms with Gasteiger partial charge < -0.3 is 5.32 Å². The van der Waals surface area contributed by atoms with Crippen LogP contribution in [-0.2, 0) is 23.0 Å². The maximum absolute atomic E-state index is 12.1. The van der Waals surface area contributed by atoms with Crippen molar-refractivity contribution in [2.75, 3.05) is 17.5 Å². The second-order valence-electron chi connectivity index (χ2n) is 4.88. The molecule has 0 aromatic heterocycles. The van der Waals surface area contributed by atoms with Crippen LogP contribution in [0.1, 0.15) is 11.1 Å². The van der Waals surface area contributed by atoms with Crippen LogP contribution in [0.15, 0.2) is 54.6 Å². The second-order valence-corrected chi connectivity index (χ2v) is 6.73. The van der Waals surface area contributed by atoms with Crippen LogP contribution < -0.4 is 10.0 Å². The Labute approximate surface area is 126 Å². The SMILES string of the molecule is CNCc1ccc(NS(=O)(=O)CCc2ccccc2)cc1. The third kappa shape index (κ3) is 5.21. The molecule has 0 amide bonds. The van der Waals surface area contributed by atoms with Crippen molar-refractivity contribution < 1.29 is 8.42 Å². The molecule has 2 aromatic rings. The van der Waals surface area contributed by atoms with Crippen LogP contribution in [0.4, 0.5) is 5.69 Å². The number of benzene rings is 2. The Kier molecular flexibility index (Phi) is 5.36. The summed E-state index contributed by atoms with van der Waals surface area (Å²) in [4.78, 5) is 0. The molecule has 4 nitrogen and oxygen atoms in total. The summed E-state index contributed by atoms with van der Waals surface area (Å²) < 4.78 is 26.7. The summed E-state index contributed by atoms with van der Waals surface area (Å²) in [6.45, 7) is 0.765. The number of rotatable bonds is 7. The number of hydrogen-bond donors (Lipinski definition) is 2. The third-order valence-corrected chi connectivity index (χ3v) is 4.40. The van der Waals surface area contributed by atoms with E-state index in [1.54, 1.807) is 12.1 Å². The fraction of sp³-hybridized carbons (Fsp3) is 0.250. The van der Waals surface area contributed by atoms with E-state index in [0.29, 0.717) is 12.1 Å². The quantitative estimate of drug-likeness (QED) is 0.826. The van der Waals surface area contributed by atoms with Gasteiger partial charge >= 0.3 is 0 Å². The van der Waals surface area contributed by atoms with E-state index >= 15 is 0 Å². The molecular formula is C16H20N2O2S. The minimum Gasteiger partial charge on any atom is -0.316 e. The highest BCUT2D eigenvalue weighted by molar-refractivity contribution is 7.92. The van der Waals surface area contributed by atoms with Crippen LogP contribution in [0.5, 0.6) is 0 Å². The second kappa shape index (κ2) is 7.24. The lowest BCUT2D eigenvalue weighted by molar-refractivity contribution is 0.600. The Hall–Kier alpha value is -1.85. The number of hydrogen-bond acceptors (Lipinski definition) is 3. The Balaban J connectivity index is 1.94. The Bertz CT molecular complexity index is 652. The zero-order chi connectivity index (χ0) is 15.1. The maximum Gasteiger partial charge on any atom is 0.233 e. The van der Waals surface area contributed by atoms with Crippen LogP contribution in [0.2, 0.25) is 0 Å². The molecule has 0 radical (unpaired) electrons. The summed E-state index contributed by atoms with van der Waals surface area (Å²) >= 11 is 0. The van der Waals surface area contributed by atoms with E-state index in [2.05, 4.69) is 10.0 Å². The van der Waals surface area contributed by atoms with Crippen LogP contribution in [-0.4, -0.2) is 21.2 Å². The molecule has 0 saturated heterocycles. The van der Waals surface area contributed by atoms with Crippen molar-refractivity contribution in [3.05, 3.63) is 65.7 Å². The first-order chi connectivity index (χ1) is 10.1. The van der Waals surface area contributed by atoms with Gasteiger partial charge in [-0.1, -0.05) is 42.5 Å². The van der Waals surface area contributed by atoms with Crippen LogP contribution in [0.3, 0.4) is 0 Å². The van der Waals surface area contributed by atoms with Crippen molar-refractivity contribution in [2.45, 2.75) is 13.0 Å². The number of aryl methyl sites for hydroxylation is 1. The van der Waals surface area contributed by atoms with E-state index in [4.69, 9.17) is 0 Å². The van der Waals surface area contributed by atoms with E-state index in [0.717, 1.165) is 17.7 Å². The van der Waals surface area contributed by atoms with Gasteiger partial charge in [-0.3, -0.25) is 4.72 Å². The first-order valence-corrected chi connectivity index (χ1v) is 8.52. The molecule has 0 fully saturated rings. The monoisotopic (exact) mass is 304 g/mol. The van der Waals surface area contributed by atoms with Crippen molar-refractivity contribution in [1.29, 1.82) is 0 Å². The topological polar surface area (TPSA) is 58.2 Å². The van der Waals surface area contributed by atoms with Gasteiger partial charge in [0.1, 0.15) is 0 Å². The summed E-state index contributed by atoms with van der Waals surface area (Å²) in [5.41, 5.74) is 2.74. The maximum atomic E-state index is 12.1. The predicted molar refractivity (Wildman–Crippen MR) is 86.8 cm³/mol. The lowest BCUT2D eigenvalue weighted by Crippen LogP contribution is -2.18. The van der Waals surface area contributed by atoms with Gasteiger partial charge in [0.25, 0.3) is 0 Å². The highest BCUT2D eigenvalue weighted by Crippen LogP contribution is 2.12. The molecule has 0 unspecified atom stereocenters. The summed E-state index contributed by atoms with van der Waals surface area (Å²) in [6.07, 6.45) is 0.508. The average molecular weight is 304 g/mol. The predicted octanol–water partition coefficient (Wildman–Crippen LogP) is 2.39. The molecule has 0 atom stereocenters. The molecule has 0 saturated carbocycles. The number of nitrogens with one attached hydrogen (secondary N) is 2. The van der Waals surface area contributed by atoms with Gasteiger partial charge in [0.2, 0.25) is 10.0 Å². The molecule has 2 N–H and O–H groups in total. The van der Waals surface area contributed by atoms with Crippen molar-refractivity contribution in [3.63, 3.8) is 0 Å². The summed E-state index contributed by atoms with van der Waals surface area (Å²) in [5.74, 6) is 0.0787. The van der Waals surface area contributed by atoms with Crippen molar-refractivity contribution >= 4 is 15.7 Å². The molecule has 0 aliphatic rings. The molecule has 5 heteroatoms. The smallest absolute Gasteiger partial charge is 0.233 e. The normalized spacial score (nSPS) is 11.3. The number of sulfonamides is 1. The summed E-state index contributed by atoms with van der Waals surface area (Å²) in [7, 11) is -1.45. The van der Waals surface area contributed by atoms with Gasteiger partial charge in [-0.2, -0.15) is 0 Å². The van der Waals surface area contributed by atoms with E-state index in [1.165, 1.54) is 0 Å². The van der Waals surface area contributed by atoms with Crippen LogP contribution >= 0.6 is 0 Å². The van der Waals surface area contributed by atoms with Crippen molar-refractivity contribution in [1.82, 2.24) is 5.32 Å². The van der Waals surface area contributed by atoms with Gasteiger partial charge in [0.05, 0.1) is 5.75 Å². The van der Waals surface area contributed by atoms with Gasteiger partial charge in [-0.15, -0.1) is 0 Å². The zero-order valence-corrected chi connectivity index (χ0v) is 12.9. The average Bonchev–Trinajstić information content (AvgIpc) is 2.48. The standard InChI is InChI=1S/C16H20N2O2S/c1-17-13-15-7-9-16(10-8-15)18-21(19,20)12-11-14-5-3-2-4-6-14/h2-10,17-18H,11-13H2,1H3. The molecule has 0 bridgehead atoms. The van der Waals surface area contributed by atoms with Gasteiger partial charge in [-0.05, 0) is 36.7 Å². The lowest BCUT2D eigenvalue weighted by Gasteiger charge is -2.09. The van der Waals surface area contributed by atoms with E-state index in [-0.39, 0.29) is 5.75 Å². The Morgan fingerprint density at radius 3 is 2.19 bits per heavy atom. The van der Waals surface area contributed by atoms with Crippen molar-refractivity contribution in [3.8, 4) is 0 Å². The van der Waals surface area contributed by atoms with E-state index < -0.39 is 10.0 Å². The Morgan fingerprint density at radius 1 is 0.905 bits per heavy atom. The largest absolute Gasteiger partial charge is 0.316 e. The zero-order valence-electron chi connectivity index (χ0n) is 12.0. The molecule has 0 aliphatic heterocycles. The summed E-state index contributed by atoms with van der Waals surface area (Å²) in [6, 6.07) is 17.0. The van der Waals surface area contributed by atoms with Crippen LogP contribution in [0.25, 0.3) is 0 Å². The molecule has 21 heavy (non-hydrogen) atoms. The van der Waals surface area contributed by atoms with E-state index in [9.17, 15) is 8.42 Å². The molecule has 112 valence electrons. The Morgan fingerprint density at radius 2 is 1.57 bits per heavy atom. The minimum atomic E-state index is -3.32. The summed E-state index contributed by atoms with van der Waals surface area (Å²) in [5, 5.41) is 3.05. The minimum absolute atomic E-state index is 0.0787. The molecule has 2 aromatic carbocycles. The van der Waals surface area contributed by atoms with Gasteiger partial charge in [-0.25, -0.2) is 8.42 Å². The first kappa shape index (κ1) is 15.5. The van der Waals surface area contributed by atoms with Gasteiger partial charge in [0, 0.05) is 12.2 Å². The first-order valence-electron chi connectivity index (χ1n) is 6.87. The fourth-order valence-corrected chi connectivity index (χ4v) is 3.12. The highest BCUT2D eigenvalue weighted by Gasteiger charge is 2.10. The molecular weight excluding hydrogens is 284 g/mol. The van der Waals surface area contributed by atoms with Crippen molar-refractivity contribution in [2.24, 2.45) is 0 Å². The fourth-order valence-electron chi connectivity index (χ4n) is 2.02. The van der Waals surface area contributed by atoms with Crippen LogP contribution in [0, 0.1) is 0 Å². The molecule has 0 heterocycles.